The fourth-order valence-electron chi connectivity index (χ4n) is 2.73. The number of aryl methyl sites for hydroxylation is 1. The number of nitrogens with one attached hydrogen (secondary N) is 1. The van der Waals surface area contributed by atoms with Gasteiger partial charge in [-0.25, -0.2) is 4.98 Å². The highest BCUT2D eigenvalue weighted by molar-refractivity contribution is 6.05. The lowest BCUT2D eigenvalue weighted by Crippen LogP contribution is -2.34. The number of aromatic amines is 1. The van der Waals surface area contributed by atoms with Gasteiger partial charge >= 0.3 is 0 Å². The van der Waals surface area contributed by atoms with Crippen LogP contribution in [-0.2, 0) is 7.05 Å². The maximum absolute atomic E-state index is 12.8. The van der Waals surface area contributed by atoms with Crippen LogP contribution in [0.25, 0.3) is 11.0 Å². The highest BCUT2D eigenvalue weighted by atomic mass is 16.3. The average Bonchev–Trinajstić information content (AvgIpc) is 3.31. The van der Waals surface area contributed by atoms with Gasteiger partial charge in [0.15, 0.2) is 5.65 Å². The molecule has 0 radical (unpaired) electrons. The van der Waals surface area contributed by atoms with Gasteiger partial charge in [0.25, 0.3) is 11.5 Å². The SMILES string of the molecule is CCN(CCO)C(=O)c1cc(C2CC2)nc2c1c(=O)[nH]n2C. The topological polar surface area (TPSA) is 91.2 Å². The Bertz CT molecular complexity index is 773. The molecule has 1 saturated carbocycles. The standard InChI is InChI=1S/C15H20N4O3/c1-3-19(6-7-20)15(22)10-8-11(9-4-5-9)16-13-12(10)14(21)17-18(13)2/h8-9,20H,3-7H2,1-2H3,(H,17,21). The molecule has 1 aliphatic rings. The second kappa shape index (κ2) is 5.57. The first-order valence-electron chi connectivity index (χ1n) is 7.56. The number of hydrogen-bond acceptors (Lipinski definition) is 4. The van der Waals surface area contributed by atoms with Crippen molar-refractivity contribution in [2.75, 3.05) is 19.7 Å². The van der Waals surface area contributed by atoms with Crippen molar-refractivity contribution in [1.29, 1.82) is 0 Å². The first-order valence-corrected chi connectivity index (χ1v) is 7.56. The van der Waals surface area contributed by atoms with E-state index < -0.39 is 0 Å². The van der Waals surface area contributed by atoms with Gasteiger partial charge in [0.1, 0.15) is 0 Å². The molecule has 2 heterocycles. The van der Waals surface area contributed by atoms with Gasteiger partial charge in [-0.1, -0.05) is 0 Å². The van der Waals surface area contributed by atoms with Gasteiger partial charge in [0.2, 0.25) is 0 Å². The van der Waals surface area contributed by atoms with Gasteiger partial charge in [-0.15, -0.1) is 0 Å². The van der Waals surface area contributed by atoms with Gasteiger partial charge < -0.3 is 10.0 Å². The van der Waals surface area contributed by atoms with E-state index in [0.29, 0.717) is 29.1 Å². The van der Waals surface area contributed by atoms with Crippen molar-refractivity contribution in [3.05, 3.63) is 27.7 Å². The van der Waals surface area contributed by atoms with E-state index in [9.17, 15) is 9.59 Å². The number of pyridine rings is 1. The molecular formula is C15H20N4O3. The fraction of sp³-hybridized carbons (Fsp3) is 0.533. The second-order valence-corrected chi connectivity index (χ2v) is 5.68. The highest BCUT2D eigenvalue weighted by Crippen LogP contribution is 2.40. The van der Waals surface area contributed by atoms with Crippen molar-refractivity contribution in [2.24, 2.45) is 7.05 Å². The number of aliphatic hydroxyl groups is 1. The zero-order valence-corrected chi connectivity index (χ0v) is 12.8. The van der Waals surface area contributed by atoms with E-state index >= 15 is 0 Å². The van der Waals surface area contributed by atoms with Gasteiger partial charge in [-0.05, 0) is 25.8 Å². The number of hydrogen-bond donors (Lipinski definition) is 2. The monoisotopic (exact) mass is 304 g/mol. The molecule has 0 atom stereocenters. The molecule has 2 aromatic heterocycles. The molecule has 0 spiro atoms. The molecule has 1 fully saturated rings. The third-order valence-corrected chi connectivity index (χ3v) is 4.10. The van der Waals surface area contributed by atoms with Crippen LogP contribution in [0.2, 0.25) is 0 Å². The van der Waals surface area contributed by atoms with E-state index in [0.717, 1.165) is 18.5 Å². The molecular weight excluding hydrogens is 284 g/mol. The molecule has 2 N–H and O–H groups in total. The van der Waals surface area contributed by atoms with Crippen LogP contribution in [0.4, 0.5) is 0 Å². The Morgan fingerprint density at radius 2 is 2.27 bits per heavy atom. The summed E-state index contributed by atoms with van der Waals surface area (Å²) in [5.74, 6) is 0.149. The summed E-state index contributed by atoms with van der Waals surface area (Å²) >= 11 is 0. The van der Waals surface area contributed by atoms with Crippen molar-refractivity contribution < 1.29 is 9.90 Å². The zero-order valence-electron chi connectivity index (χ0n) is 12.8. The van der Waals surface area contributed by atoms with Gasteiger partial charge in [0.05, 0.1) is 17.6 Å². The van der Waals surface area contributed by atoms with E-state index in [1.807, 2.05) is 6.92 Å². The van der Waals surface area contributed by atoms with Crippen molar-refractivity contribution in [1.82, 2.24) is 19.7 Å². The highest BCUT2D eigenvalue weighted by Gasteiger charge is 2.29. The van der Waals surface area contributed by atoms with Crippen molar-refractivity contribution >= 4 is 16.9 Å². The Kier molecular flexibility index (Phi) is 3.74. The summed E-state index contributed by atoms with van der Waals surface area (Å²) in [6, 6.07) is 1.75. The van der Waals surface area contributed by atoms with Crippen LogP contribution >= 0.6 is 0 Å². The molecule has 1 aliphatic carbocycles. The van der Waals surface area contributed by atoms with E-state index in [2.05, 4.69) is 10.1 Å². The molecule has 22 heavy (non-hydrogen) atoms. The summed E-state index contributed by atoms with van der Waals surface area (Å²) in [5, 5.41) is 12.1. The lowest BCUT2D eigenvalue weighted by atomic mass is 10.1. The number of carbonyl (C=O) groups is 1. The van der Waals surface area contributed by atoms with Crippen molar-refractivity contribution in [3.63, 3.8) is 0 Å². The molecule has 2 aromatic rings. The molecule has 7 heteroatoms. The van der Waals surface area contributed by atoms with Crippen molar-refractivity contribution in [3.8, 4) is 0 Å². The van der Waals surface area contributed by atoms with Crippen LogP contribution in [0.1, 0.15) is 41.7 Å². The number of likely N-dealkylation sites (N-methyl/N-ethyl adjacent to an activating group) is 1. The number of aliphatic hydroxyl groups excluding tert-OH is 1. The Labute approximate surface area is 127 Å². The number of H-pyrrole nitrogens is 1. The van der Waals surface area contributed by atoms with Crippen LogP contribution in [0.15, 0.2) is 10.9 Å². The van der Waals surface area contributed by atoms with Crippen LogP contribution < -0.4 is 5.56 Å². The smallest absolute Gasteiger partial charge is 0.274 e. The molecule has 7 nitrogen and oxygen atoms in total. The lowest BCUT2D eigenvalue weighted by molar-refractivity contribution is 0.0733. The van der Waals surface area contributed by atoms with Crippen molar-refractivity contribution in [2.45, 2.75) is 25.7 Å². The fourth-order valence-corrected chi connectivity index (χ4v) is 2.73. The Balaban J connectivity index is 2.18. The Morgan fingerprint density at radius 3 is 2.86 bits per heavy atom. The summed E-state index contributed by atoms with van der Waals surface area (Å²) in [7, 11) is 1.72. The number of aromatic nitrogens is 3. The molecule has 3 rings (SSSR count). The lowest BCUT2D eigenvalue weighted by Gasteiger charge is -2.20. The summed E-state index contributed by atoms with van der Waals surface area (Å²) in [4.78, 5) is 31.0. The first-order chi connectivity index (χ1) is 10.6. The summed E-state index contributed by atoms with van der Waals surface area (Å²) in [6.07, 6.45) is 2.14. The second-order valence-electron chi connectivity index (χ2n) is 5.68. The minimum atomic E-state index is -0.309. The van der Waals surface area contributed by atoms with Gasteiger partial charge in [-0.2, -0.15) is 0 Å². The van der Waals surface area contributed by atoms with Crippen LogP contribution in [0, 0.1) is 0 Å². The normalized spacial score (nSPS) is 14.5. The Hall–Kier alpha value is -2.15. The minimum Gasteiger partial charge on any atom is -0.395 e. The quantitative estimate of drug-likeness (QED) is 0.846. The van der Waals surface area contributed by atoms with E-state index in [4.69, 9.17) is 5.11 Å². The van der Waals surface area contributed by atoms with Crippen LogP contribution in [0.3, 0.4) is 0 Å². The van der Waals surface area contributed by atoms with Gasteiger partial charge in [0, 0.05) is 31.7 Å². The maximum Gasteiger partial charge on any atom is 0.274 e. The molecule has 0 unspecified atom stereocenters. The largest absolute Gasteiger partial charge is 0.395 e. The van der Waals surface area contributed by atoms with Crippen LogP contribution in [-0.4, -0.2) is 50.4 Å². The third-order valence-electron chi connectivity index (χ3n) is 4.10. The van der Waals surface area contributed by atoms with Crippen LogP contribution in [0.5, 0.6) is 0 Å². The van der Waals surface area contributed by atoms with E-state index in [-0.39, 0.29) is 24.6 Å². The molecule has 118 valence electrons. The number of amides is 1. The molecule has 1 amide bonds. The minimum absolute atomic E-state index is 0.103. The molecule has 0 aromatic carbocycles. The van der Waals surface area contributed by atoms with E-state index in [1.165, 1.54) is 4.90 Å². The zero-order chi connectivity index (χ0) is 15.9. The van der Waals surface area contributed by atoms with Gasteiger partial charge in [-0.3, -0.25) is 19.4 Å². The average molecular weight is 304 g/mol. The predicted molar refractivity (Wildman–Crippen MR) is 82.0 cm³/mol. The maximum atomic E-state index is 12.8. The summed E-state index contributed by atoms with van der Waals surface area (Å²) in [6.45, 7) is 2.48. The third kappa shape index (κ3) is 2.41. The number of nitrogens with zero attached hydrogens (tertiary/aromatic N) is 3. The molecule has 0 bridgehead atoms. The Morgan fingerprint density at radius 1 is 1.55 bits per heavy atom. The number of rotatable bonds is 5. The molecule has 0 aliphatic heterocycles. The van der Waals surface area contributed by atoms with E-state index in [1.54, 1.807) is 17.8 Å². The first kappa shape index (κ1) is 14.8. The summed E-state index contributed by atoms with van der Waals surface area (Å²) < 4.78 is 1.56. The predicted octanol–water partition coefficient (Wildman–Crippen LogP) is 0.593. The number of fused-ring (bicyclic) bond motifs is 1. The summed E-state index contributed by atoms with van der Waals surface area (Å²) in [5.41, 5.74) is 1.45. The number of carbonyl (C=O) groups excluding carboxylic acids is 1. The molecule has 0 saturated heterocycles.